The van der Waals surface area contributed by atoms with E-state index in [1.54, 1.807) is 20.2 Å². The molecule has 0 bridgehead atoms. The van der Waals surface area contributed by atoms with Gasteiger partial charge < -0.3 is 14.6 Å². The number of rotatable bonds is 4. The Bertz CT molecular complexity index is 797. The van der Waals surface area contributed by atoms with Crippen LogP contribution in [0.3, 0.4) is 0 Å². The fourth-order valence-electron chi connectivity index (χ4n) is 2.80. The Kier molecular flexibility index (Phi) is 3.58. The van der Waals surface area contributed by atoms with Crippen molar-refractivity contribution >= 4 is 22.3 Å². The quantitative estimate of drug-likeness (QED) is 0.690. The number of fused-ring (bicyclic) bond motifs is 1. The zero-order valence-corrected chi connectivity index (χ0v) is 12.4. The molecule has 0 radical (unpaired) electrons. The lowest BCUT2D eigenvalue weighted by Gasteiger charge is -2.36. The molecule has 116 valence electrons. The minimum absolute atomic E-state index is 0.00565. The Morgan fingerprint density at radius 3 is 2.73 bits per heavy atom. The smallest absolute Gasteiger partial charge is 0.270 e. The van der Waals surface area contributed by atoms with E-state index in [0.29, 0.717) is 16.6 Å². The van der Waals surface area contributed by atoms with E-state index < -0.39 is 4.92 Å². The summed E-state index contributed by atoms with van der Waals surface area (Å²) >= 11 is 0. The molecule has 1 aromatic heterocycles. The fourth-order valence-corrected chi connectivity index (χ4v) is 2.80. The second-order valence-corrected chi connectivity index (χ2v) is 5.52. The summed E-state index contributed by atoms with van der Waals surface area (Å²) in [5.74, 6) is 0. The SMILES string of the molecule is CO[C@@H]1CCC1Nc1cc(=O)n(C)c2ccc([N+](=O)[O-])cc12. The van der Waals surface area contributed by atoms with Gasteiger partial charge in [0.05, 0.1) is 22.6 Å². The second-order valence-electron chi connectivity index (χ2n) is 5.52. The molecule has 1 aromatic carbocycles. The molecule has 22 heavy (non-hydrogen) atoms. The third-order valence-electron chi connectivity index (χ3n) is 4.30. The van der Waals surface area contributed by atoms with Gasteiger partial charge in [0.1, 0.15) is 0 Å². The number of aryl methyl sites for hydroxylation is 1. The summed E-state index contributed by atoms with van der Waals surface area (Å²) in [6.07, 6.45) is 2.03. The molecular weight excluding hydrogens is 286 g/mol. The number of anilines is 1. The van der Waals surface area contributed by atoms with Crippen LogP contribution in [0.1, 0.15) is 12.8 Å². The van der Waals surface area contributed by atoms with Gasteiger partial charge in [-0.05, 0) is 18.9 Å². The summed E-state index contributed by atoms with van der Waals surface area (Å²) in [6, 6.07) is 6.12. The van der Waals surface area contributed by atoms with Gasteiger partial charge in [0.15, 0.2) is 0 Å². The monoisotopic (exact) mass is 303 g/mol. The minimum atomic E-state index is -0.435. The molecule has 2 atom stereocenters. The molecule has 7 heteroatoms. The highest BCUT2D eigenvalue weighted by atomic mass is 16.6. The highest BCUT2D eigenvalue weighted by Crippen LogP contribution is 2.31. The molecule has 2 aromatic rings. The van der Waals surface area contributed by atoms with Crippen LogP contribution in [-0.2, 0) is 11.8 Å². The number of nitro groups is 1. The van der Waals surface area contributed by atoms with E-state index in [1.807, 2.05) is 0 Å². The maximum Gasteiger partial charge on any atom is 0.270 e. The minimum Gasteiger partial charge on any atom is -0.379 e. The van der Waals surface area contributed by atoms with Crippen molar-refractivity contribution in [2.45, 2.75) is 25.0 Å². The summed E-state index contributed by atoms with van der Waals surface area (Å²) in [5.41, 5.74) is 1.13. The first-order chi connectivity index (χ1) is 10.5. The zero-order chi connectivity index (χ0) is 15.9. The van der Waals surface area contributed by atoms with Gasteiger partial charge in [0, 0.05) is 43.4 Å². The van der Waals surface area contributed by atoms with Crippen LogP contribution in [-0.4, -0.2) is 28.7 Å². The maximum atomic E-state index is 12.1. The zero-order valence-electron chi connectivity index (χ0n) is 12.4. The van der Waals surface area contributed by atoms with Gasteiger partial charge in [-0.1, -0.05) is 0 Å². The Morgan fingerprint density at radius 1 is 1.36 bits per heavy atom. The summed E-state index contributed by atoms with van der Waals surface area (Å²) in [7, 11) is 3.31. The summed E-state index contributed by atoms with van der Waals surface area (Å²) < 4.78 is 6.83. The Balaban J connectivity index is 2.11. The third kappa shape index (κ3) is 2.33. The van der Waals surface area contributed by atoms with Crippen molar-refractivity contribution < 1.29 is 9.66 Å². The van der Waals surface area contributed by atoms with E-state index in [1.165, 1.54) is 22.8 Å². The number of aromatic nitrogens is 1. The van der Waals surface area contributed by atoms with Crippen molar-refractivity contribution in [3.63, 3.8) is 0 Å². The van der Waals surface area contributed by atoms with Gasteiger partial charge in [0.25, 0.3) is 11.2 Å². The van der Waals surface area contributed by atoms with E-state index in [4.69, 9.17) is 4.74 Å². The van der Waals surface area contributed by atoms with Crippen LogP contribution in [0.25, 0.3) is 10.9 Å². The van der Waals surface area contributed by atoms with Gasteiger partial charge in [0.2, 0.25) is 0 Å². The topological polar surface area (TPSA) is 86.4 Å². The third-order valence-corrected chi connectivity index (χ3v) is 4.30. The van der Waals surface area contributed by atoms with Crippen LogP contribution in [0.4, 0.5) is 11.4 Å². The summed E-state index contributed by atoms with van der Waals surface area (Å²) in [4.78, 5) is 22.6. The molecule has 1 unspecified atom stereocenters. The van der Waals surface area contributed by atoms with E-state index >= 15 is 0 Å². The number of ether oxygens (including phenoxy) is 1. The van der Waals surface area contributed by atoms with Crippen LogP contribution < -0.4 is 10.9 Å². The second kappa shape index (κ2) is 5.42. The van der Waals surface area contributed by atoms with E-state index in [2.05, 4.69) is 5.32 Å². The lowest BCUT2D eigenvalue weighted by molar-refractivity contribution is -0.384. The van der Waals surface area contributed by atoms with E-state index in [-0.39, 0.29) is 23.4 Å². The van der Waals surface area contributed by atoms with Crippen LogP contribution in [0, 0.1) is 10.1 Å². The van der Waals surface area contributed by atoms with E-state index in [9.17, 15) is 14.9 Å². The average Bonchev–Trinajstić information content (AvgIpc) is 2.48. The highest BCUT2D eigenvalue weighted by molar-refractivity contribution is 5.93. The molecule has 0 amide bonds. The molecule has 7 nitrogen and oxygen atoms in total. The largest absolute Gasteiger partial charge is 0.379 e. The lowest BCUT2D eigenvalue weighted by atomic mass is 9.88. The lowest BCUT2D eigenvalue weighted by Crippen LogP contribution is -2.44. The number of nitrogens with zero attached hydrogens (tertiary/aromatic N) is 2. The number of non-ortho nitro benzene ring substituents is 1. The first-order valence-corrected chi connectivity index (χ1v) is 7.09. The van der Waals surface area contributed by atoms with Crippen molar-refractivity contribution in [2.75, 3.05) is 12.4 Å². The van der Waals surface area contributed by atoms with Gasteiger partial charge >= 0.3 is 0 Å². The number of nitrogens with one attached hydrogen (secondary N) is 1. The fraction of sp³-hybridized carbons (Fsp3) is 0.400. The first kappa shape index (κ1) is 14.5. The maximum absolute atomic E-state index is 12.1. The predicted octanol–water partition coefficient (Wildman–Crippen LogP) is 2.04. The van der Waals surface area contributed by atoms with Crippen LogP contribution in [0.5, 0.6) is 0 Å². The van der Waals surface area contributed by atoms with Crippen molar-refractivity contribution in [2.24, 2.45) is 7.05 Å². The molecule has 3 rings (SSSR count). The van der Waals surface area contributed by atoms with E-state index in [0.717, 1.165) is 12.8 Å². The molecule has 0 aliphatic heterocycles. The van der Waals surface area contributed by atoms with Crippen molar-refractivity contribution in [1.82, 2.24) is 4.57 Å². The normalized spacial score (nSPS) is 20.6. The van der Waals surface area contributed by atoms with Crippen LogP contribution >= 0.6 is 0 Å². The van der Waals surface area contributed by atoms with Gasteiger partial charge in [-0.2, -0.15) is 0 Å². The molecule has 0 saturated heterocycles. The Morgan fingerprint density at radius 2 is 2.14 bits per heavy atom. The number of nitro benzene ring substituents is 1. The number of methoxy groups -OCH3 is 1. The summed E-state index contributed by atoms with van der Waals surface area (Å²) in [6.45, 7) is 0. The van der Waals surface area contributed by atoms with Gasteiger partial charge in [-0.3, -0.25) is 14.9 Å². The van der Waals surface area contributed by atoms with Crippen molar-refractivity contribution in [1.29, 1.82) is 0 Å². The van der Waals surface area contributed by atoms with Crippen molar-refractivity contribution in [3.05, 3.63) is 44.7 Å². The predicted molar refractivity (Wildman–Crippen MR) is 83.3 cm³/mol. The number of hydrogen-bond donors (Lipinski definition) is 1. The number of pyridine rings is 1. The first-order valence-electron chi connectivity index (χ1n) is 7.09. The molecule has 1 saturated carbocycles. The molecule has 1 fully saturated rings. The molecule has 1 heterocycles. The standard InChI is InChI=1S/C15H17N3O4/c1-17-13-5-3-9(18(20)21)7-10(13)12(8-15(17)19)16-11-4-6-14(11)22-2/h3,5,7-8,11,14,16H,4,6H2,1-2H3/t11?,14-/m1/s1. The Labute approximate surface area is 126 Å². The average molecular weight is 303 g/mol. The highest BCUT2D eigenvalue weighted by Gasteiger charge is 2.31. The molecule has 1 aliphatic rings. The summed E-state index contributed by atoms with van der Waals surface area (Å²) in [5, 5.41) is 15.0. The number of hydrogen-bond acceptors (Lipinski definition) is 5. The van der Waals surface area contributed by atoms with Gasteiger partial charge in [-0.15, -0.1) is 0 Å². The molecule has 1 N–H and O–H groups in total. The molecule has 1 aliphatic carbocycles. The van der Waals surface area contributed by atoms with Crippen molar-refractivity contribution in [3.8, 4) is 0 Å². The Hall–Kier alpha value is -2.41. The van der Waals surface area contributed by atoms with Crippen LogP contribution in [0.15, 0.2) is 29.1 Å². The molecule has 0 spiro atoms. The van der Waals surface area contributed by atoms with Gasteiger partial charge in [-0.25, -0.2) is 0 Å². The number of benzene rings is 1. The van der Waals surface area contributed by atoms with Crippen LogP contribution in [0.2, 0.25) is 0 Å². The molecular formula is C15H17N3O4.